The van der Waals surface area contributed by atoms with E-state index in [4.69, 9.17) is 11.6 Å². The van der Waals surface area contributed by atoms with Gasteiger partial charge in [-0.3, -0.25) is 4.98 Å². The van der Waals surface area contributed by atoms with Gasteiger partial charge in [0.1, 0.15) is 5.82 Å². The molecule has 0 aromatic carbocycles. The molecule has 94 valence electrons. The molecule has 0 saturated heterocycles. The molecule has 0 saturated carbocycles. The Kier molecular flexibility index (Phi) is 3.28. The van der Waals surface area contributed by atoms with E-state index in [1.807, 2.05) is 6.07 Å². The van der Waals surface area contributed by atoms with E-state index in [1.165, 1.54) is 25.7 Å². The number of nitrogens with zero attached hydrogens (tertiary/aromatic N) is 4. The van der Waals surface area contributed by atoms with Crippen LogP contribution in [0.25, 0.3) is 11.4 Å². The Balaban J connectivity index is 2.02. The summed E-state index contributed by atoms with van der Waals surface area (Å²) in [6.07, 6.45) is 9.41. The quantitative estimate of drug-likeness (QED) is 0.793. The molecule has 0 radical (unpaired) electrons. The number of halogens is 1. The van der Waals surface area contributed by atoms with Gasteiger partial charge in [0.2, 0.25) is 0 Å². The summed E-state index contributed by atoms with van der Waals surface area (Å²) in [6.45, 7) is 0.990. The Morgan fingerprint density at radius 1 is 1.06 bits per heavy atom. The van der Waals surface area contributed by atoms with Crippen molar-refractivity contribution in [1.29, 1.82) is 0 Å². The lowest BCUT2D eigenvalue weighted by atomic mass is 10.1. The molecular weight excluding hydrogens is 248 g/mol. The topological polar surface area (TPSA) is 43.6 Å². The third kappa shape index (κ3) is 2.25. The van der Waals surface area contributed by atoms with Crippen LogP contribution in [-0.2, 0) is 13.0 Å². The van der Waals surface area contributed by atoms with E-state index >= 15 is 0 Å². The average Bonchev–Trinajstić information content (AvgIpc) is 2.71. The molecule has 2 aromatic rings. The van der Waals surface area contributed by atoms with Crippen LogP contribution >= 0.6 is 11.6 Å². The summed E-state index contributed by atoms with van der Waals surface area (Å²) in [4.78, 5) is 4.12. The van der Waals surface area contributed by atoms with Crippen molar-refractivity contribution in [2.24, 2.45) is 0 Å². The maximum atomic E-state index is 5.98. The van der Waals surface area contributed by atoms with Gasteiger partial charge in [-0.25, -0.2) is 0 Å². The molecule has 3 heterocycles. The van der Waals surface area contributed by atoms with Crippen molar-refractivity contribution in [2.75, 3.05) is 0 Å². The van der Waals surface area contributed by atoms with E-state index in [0.717, 1.165) is 30.2 Å². The smallest absolute Gasteiger partial charge is 0.165 e. The van der Waals surface area contributed by atoms with E-state index in [1.54, 1.807) is 12.4 Å². The average molecular weight is 263 g/mol. The van der Waals surface area contributed by atoms with Gasteiger partial charge in [0.25, 0.3) is 0 Å². The van der Waals surface area contributed by atoms with Gasteiger partial charge in [0.05, 0.1) is 5.02 Å². The van der Waals surface area contributed by atoms with Crippen LogP contribution in [0.4, 0.5) is 0 Å². The summed E-state index contributed by atoms with van der Waals surface area (Å²) in [5, 5.41) is 9.25. The predicted octanol–water partition coefficient (Wildman–Crippen LogP) is 3.11. The van der Waals surface area contributed by atoms with E-state index in [0.29, 0.717) is 5.02 Å². The highest BCUT2D eigenvalue weighted by atomic mass is 35.5. The first-order valence-electron chi connectivity index (χ1n) is 6.37. The standard InChI is InChI=1S/C13H15ClN4/c14-11-7-10(8-15-9-11)13-17-16-12-5-3-1-2-4-6-18(12)13/h7-9H,1-6H2. The summed E-state index contributed by atoms with van der Waals surface area (Å²) in [7, 11) is 0. The lowest BCUT2D eigenvalue weighted by Crippen LogP contribution is -2.08. The molecule has 1 aliphatic rings. The molecule has 0 atom stereocenters. The van der Waals surface area contributed by atoms with Gasteiger partial charge >= 0.3 is 0 Å². The zero-order valence-corrected chi connectivity index (χ0v) is 10.9. The van der Waals surface area contributed by atoms with E-state index in [9.17, 15) is 0 Å². The molecule has 0 unspecified atom stereocenters. The Morgan fingerprint density at radius 3 is 2.83 bits per heavy atom. The Hall–Kier alpha value is -1.42. The minimum Gasteiger partial charge on any atom is -0.311 e. The largest absolute Gasteiger partial charge is 0.311 e. The van der Waals surface area contributed by atoms with Crippen LogP contribution in [0.5, 0.6) is 0 Å². The highest BCUT2D eigenvalue weighted by Gasteiger charge is 2.15. The van der Waals surface area contributed by atoms with Crippen LogP contribution in [0, 0.1) is 0 Å². The van der Waals surface area contributed by atoms with Gasteiger partial charge in [-0.15, -0.1) is 10.2 Å². The van der Waals surface area contributed by atoms with Crippen molar-refractivity contribution in [3.63, 3.8) is 0 Å². The molecular formula is C13H15ClN4. The second-order valence-corrected chi connectivity index (χ2v) is 5.08. The van der Waals surface area contributed by atoms with Gasteiger partial charge in [-0.05, 0) is 18.9 Å². The van der Waals surface area contributed by atoms with Crippen molar-refractivity contribution >= 4 is 11.6 Å². The van der Waals surface area contributed by atoms with Crippen LogP contribution in [-0.4, -0.2) is 19.7 Å². The molecule has 4 nitrogen and oxygen atoms in total. The summed E-state index contributed by atoms with van der Waals surface area (Å²) in [5.74, 6) is 1.98. The summed E-state index contributed by atoms with van der Waals surface area (Å²) in [6, 6.07) is 1.89. The summed E-state index contributed by atoms with van der Waals surface area (Å²) < 4.78 is 2.21. The molecule has 3 rings (SSSR count). The minimum atomic E-state index is 0.635. The molecule has 0 amide bonds. The van der Waals surface area contributed by atoms with Gasteiger partial charge < -0.3 is 4.57 Å². The maximum absolute atomic E-state index is 5.98. The van der Waals surface area contributed by atoms with E-state index in [2.05, 4.69) is 19.7 Å². The zero-order valence-electron chi connectivity index (χ0n) is 10.1. The molecule has 0 bridgehead atoms. The van der Waals surface area contributed by atoms with Crippen molar-refractivity contribution in [3.8, 4) is 11.4 Å². The predicted molar refractivity (Wildman–Crippen MR) is 70.4 cm³/mol. The normalized spacial score (nSPS) is 15.8. The van der Waals surface area contributed by atoms with Gasteiger partial charge in [0.15, 0.2) is 5.82 Å². The molecule has 0 aliphatic carbocycles. The second-order valence-electron chi connectivity index (χ2n) is 4.65. The second kappa shape index (κ2) is 5.06. The van der Waals surface area contributed by atoms with Crippen LogP contribution in [0.3, 0.4) is 0 Å². The fourth-order valence-corrected chi connectivity index (χ4v) is 2.58. The number of pyridine rings is 1. The van der Waals surface area contributed by atoms with Gasteiger partial charge in [-0.1, -0.05) is 24.4 Å². The highest BCUT2D eigenvalue weighted by molar-refractivity contribution is 6.30. The molecule has 0 N–H and O–H groups in total. The van der Waals surface area contributed by atoms with Gasteiger partial charge in [0, 0.05) is 30.9 Å². The summed E-state index contributed by atoms with van der Waals surface area (Å²) >= 11 is 5.98. The van der Waals surface area contributed by atoms with Crippen LogP contribution in [0.1, 0.15) is 31.5 Å². The molecule has 0 fully saturated rings. The van der Waals surface area contributed by atoms with E-state index < -0.39 is 0 Å². The third-order valence-corrected chi connectivity index (χ3v) is 3.53. The number of fused-ring (bicyclic) bond motifs is 1. The van der Waals surface area contributed by atoms with Crippen molar-refractivity contribution in [2.45, 2.75) is 38.6 Å². The molecule has 5 heteroatoms. The minimum absolute atomic E-state index is 0.635. The summed E-state index contributed by atoms with van der Waals surface area (Å²) in [5.41, 5.74) is 0.946. The first-order valence-corrected chi connectivity index (χ1v) is 6.75. The number of aromatic nitrogens is 4. The zero-order chi connectivity index (χ0) is 12.4. The SMILES string of the molecule is Clc1cncc(-c2nnc3n2CCCCCC3)c1. The number of rotatable bonds is 1. The lowest BCUT2D eigenvalue weighted by molar-refractivity contribution is 0.518. The molecule has 1 aliphatic heterocycles. The molecule has 0 spiro atoms. The van der Waals surface area contributed by atoms with Crippen molar-refractivity contribution in [3.05, 3.63) is 29.3 Å². The van der Waals surface area contributed by atoms with Crippen molar-refractivity contribution in [1.82, 2.24) is 19.7 Å². The Bertz CT molecular complexity index is 550. The number of hydrogen-bond donors (Lipinski definition) is 0. The highest BCUT2D eigenvalue weighted by Crippen LogP contribution is 2.23. The first kappa shape index (κ1) is 11.7. The van der Waals surface area contributed by atoms with Crippen LogP contribution < -0.4 is 0 Å². The fourth-order valence-electron chi connectivity index (χ4n) is 2.41. The van der Waals surface area contributed by atoms with Crippen LogP contribution in [0.15, 0.2) is 18.5 Å². The maximum Gasteiger partial charge on any atom is 0.165 e. The third-order valence-electron chi connectivity index (χ3n) is 3.32. The number of hydrogen-bond acceptors (Lipinski definition) is 3. The molecule has 18 heavy (non-hydrogen) atoms. The number of aryl methyl sites for hydroxylation is 1. The Labute approximate surface area is 111 Å². The van der Waals surface area contributed by atoms with Crippen LogP contribution in [0.2, 0.25) is 5.02 Å². The fraction of sp³-hybridized carbons (Fsp3) is 0.462. The Morgan fingerprint density at radius 2 is 1.94 bits per heavy atom. The van der Waals surface area contributed by atoms with E-state index in [-0.39, 0.29) is 0 Å². The lowest BCUT2D eigenvalue weighted by Gasteiger charge is -2.13. The molecule has 2 aromatic heterocycles. The van der Waals surface area contributed by atoms with Gasteiger partial charge in [-0.2, -0.15) is 0 Å². The first-order chi connectivity index (χ1) is 8.84. The van der Waals surface area contributed by atoms with Crippen molar-refractivity contribution < 1.29 is 0 Å². The monoisotopic (exact) mass is 262 g/mol.